The van der Waals surface area contributed by atoms with Gasteiger partial charge in [-0.05, 0) is 62.2 Å². The van der Waals surface area contributed by atoms with Gasteiger partial charge in [-0.15, -0.1) is 11.8 Å². The van der Waals surface area contributed by atoms with E-state index in [1.54, 1.807) is 0 Å². The van der Waals surface area contributed by atoms with Crippen LogP contribution in [-0.4, -0.2) is 18.8 Å². The summed E-state index contributed by atoms with van der Waals surface area (Å²) >= 11 is 7.86. The van der Waals surface area contributed by atoms with Crippen molar-refractivity contribution < 1.29 is 0 Å². The molecule has 0 bridgehead atoms. The summed E-state index contributed by atoms with van der Waals surface area (Å²) in [6, 6.07) is 5.89. The Bertz CT molecular complexity index is 364. The van der Waals surface area contributed by atoms with E-state index in [0.29, 0.717) is 10.7 Å². The molecule has 94 valence electrons. The molecule has 2 nitrogen and oxygen atoms in total. The number of halogens is 1. The minimum absolute atomic E-state index is 0.660. The van der Waals surface area contributed by atoms with Gasteiger partial charge in [-0.2, -0.15) is 0 Å². The summed E-state index contributed by atoms with van der Waals surface area (Å²) in [6.45, 7) is 2.38. The number of hydrogen-bond donors (Lipinski definition) is 2. The Hall–Kier alpha value is -0.380. The van der Waals surface area contributed by atoms with Gasteiger partial charge in [-0.25, -0.2) is 0 Å². The second-order valence-electron chi connectivity index (χ2n) is 4.53. The van der Waals surface area contributed by atoms with Crippen molar-refractivity contribution >= 4 is 29.1 Å². The van der Waals surface area contributed by atoms with Crippen LogP contribution in [0.15, 0.2) is 23.1 Å². The lowest BCUT2D eigenvalue weighted by Gasteiger charge is -2.22. The summed E-state index contributed by atoms with van der Waals surface area (Å²) in [7, 11) is 0. The third kappa shape index (κ3) is 4.09. The fraction of sp³-hybridized carbons (Fsp3) is 0.538. The van der Waals surface area contributed by atoms with Crippen LogP contribution in [0.4, 0.5) is 5.69 Å². The Kier molecular flexibility index (Phi) is 5.01. The number of piperidine rings is 1. The quantitative estimate of drug-likeness (QED) is 0.651. The highest BCUT2D eigenvalue weighted by Gasteiger charge is 2.12. The molecule has 1 saturated heterocycles. The van der Waals surface area contributed by atoms with Crippen molar-refractivity contribution in [2.45, 2.75) is 24.2 Å². The zero-order valence-corrected chi connectivity index (χ0v) is 11.5. The van der Waals surface area contributed by atoms with Crippen LogP contribution in [0, 0.1) is 5.92 Å². The number of benzene rings is 1. The van der Waals surface area contributed by atoms with Gasteiger partial charge < -0.3 is 11.1 Å². The fourth-order valence-electron chi connectivity index (χ4n) is 2.11. The molecule has 1 atom stereocenters. The first kappa shape index (κ1) is 13.1. The zero-order valence-electron chi connectivity index (χ0n) is 9.92. The van der Waals surface area contributed by atoms with Crippen molar-refractivity contribution in [3.63, 3.8) is 0 Å². The molecule has 1 aliphatic heterocycles. The van der Waals surface area contributed by atoms with Crippen LogP contribution >= 0.6 is 23.4 Å². The van der Waals surface area contributed by atoms with Crippen molar-refractivity contribution in [1.82, 2.24) is 5.32 Å². The minimum atomic E-state index is 0.660. The monoisotopic (exact) mass is 270 g/mol. The van der Waals surface area contributed by atoms with Gasteiger partial charge in [0.05, 0.1) is 10.7 Å². The van der Waals surface area contributed by atoms with Crippen LogP contribution in [0.25, 0.3) is 0 Å². The highest BCUT2D eigenvalue weighted by atomic mass is 35.5. The number of nitrogens with one attached hydrogen (secondary N) is 1. The molecule has 1 aromatic carbocycles. The molecule has 2 rings (SSSR count). The molecule has 1 aliphatic rings. The van der Waals surface area contributed by atoms with Crippen molar-refractivity contribution in [3.8, 4) is 0 Å². The summed E-state index contributed by atoms with van der Waals surface area (Å²) in [5.74, 6) is 2.01. The van der Waals surface area contributed by atoms with Gasteiger partial charge in [0, 0.05) is 4.90 Å². The second-order valence-corrected chi connectivity index (χ2v) is 6.11. The fourth-order valence-corrected chi connectivity index (χ4v) is 3.41. The van der Waals surface area contributed by atoms with E-state index in [9.17, 15) is 0 Å². The summed E-state index contributed by atoms with van der Waals surface area (Å²) in [6.07, 6.45) is 3.97. The summed E-state index contributed by atoms with van der Waals surface area (Å²) < 4.78 is 0. The molecule has 0 spiro atoms. The largest absolute Gasteiger partial charge is 0.398 e. The van der Waals surface area contributed by atoms with E-state index in [4.69, 9.17) is 17.3 Å². The number of hydrogen-bond acceptors (Lipinski definition) is 3. The lowest BCUT2D eigenvalue weighted by atomic mass is 9.97. The predicted molar refractivity (Wildman–Crippen MR) is 76.8 cm³/mol. The van der Waals surface area contributed by atoms with Crippen LogP contribution in [0.1, 0.15) is 19.3 Å². The Morgan fingerprint density at radius 3 is 3.06 bits per heavy atom. The van der Waals surface area contributed by atoms with E-state index < -0.39 is 0 Å². The van der Waals surface area contributed by atoms with Crippen molar-refractivity contribution in [1.29, 1.82) is 0 Å². The maximum atomic E-state index is 5.99. The van der Waals surface area contributed by atoms with Gasteiger partial charge in [-0.1, -0.05) is 11.6 Å². The molecule has 3 N–H and O–H groups in total. The van der Waals surface area contributed by atoms with Gasteiger partial charge >= 0.3 is 0 Å². The molecule has 1 unspecified atom stereocenters. The minimum Gasteiger partial charge on any atom is -0.398 e. The van der Waals surface area contributed by atoms with Gasteiger partial charge in [0.15, 0.2) is 0 Å². The predicted octanol–water partition coefficient (Wildman–Crippen LogP) is 3.40. The average Bonchev–Trinajstić information content (AvgIpc) is 2.35. The number of rotatable bonds is 4. The topological polar surface area (TPSA) is 38.0 Å². The lowest BCUT2D eigenvalue weighted by molar-refractivity contribution is 0.371. The maximum absolute atomic E-state index is 5.99. The standard InChI is InChI=1S/C13H19ClN2S/c14-12-8-11(3-4-13(12)15)17-7-5-10-2-1-6-16-9-10/h3-4,8,10,16H,1-2,5-7,9,15H2. The molecular formula is C13H19ClN2S. The molecule has 0 amide bonds. The van der Waals surface area contributed by atoms with Crippen LogP contribution in [-0.2, 0) is 0 Å². The van der Waals surface area contributed by atoms with Gasteiger partial charge in [0.2, 0.25) is 0 Å². The third-order valence-corrected chi connectivity index (χ3v) is 4.52. The van der Waals surface area contributed by atoms with E-state index in [1.807, 2.05) is 30.0 Å². The Morgan fingerprint density at radius 1 is 1.47 bits per heavy atom. The molecule has 17 heavy (non-hydrogen) atoms. The van der Waals surface area contributed by atoms with Crippen LogP contribution in [0.3, 0.4) is 0 Å². The lowest BCUT2D eigenvalue weighted by Crippen LogP contribution is -2.29. The molecule has 0 saturated carbocycles. The Morgan fingerprint density at radius 2 is 2.35 bits per heavy atom. The molecule has 4 heteroatoms. The van der Waals surface area contributed by atoms with E-state index in [0.717, 1.165) is 11.7 Å². The SMILES string of the molecule is Nc1ccc(SCCC2CCCNC2)cc1Cl. The van der Waals surface area contributed by atoms with E-state index >= 15 is 0 Å². The third-order valence-electron chi connectivity index (χ3n) is 3.17. The highest BCUT2D eigenvalue weighted by Crippen LogP contribution is 2.28. The normalized spacial score (nSPS) is 20.4. The number of nitrogen functional groups attached to an aromatic ring is 1. The van der Waals surface area contributed by atoms with E-state index in [1.165, 1.54) is 37.2 Å². The molecule has 0 radical (unpaired) electrons. The van der Waals surface area contributed by atoms with Crippen LogP contribution in [0.5, 0.6) is 0 Å². The van der Waals surface area contributed by atoms with E-state index in [2.05, 4.69) is 5.32 Å². The van der Waals surface area contributed by atoms with Gasteiger partial charge in [0.1, 0.15) is 0 Å². The molecule has 1 heterocycles. The molecule has 0 aliphatic carbocycles. The first-order valence-corrected chi connectivity index (χ1v) is 7.50. The number of anilines is 1. The molecule has 1 fully saturated rings. The van der Waals surface area contributed by atoms with Gasteiger partial charge in [-0.3, -0.25) is 0 Å². The summed E-state index contributed by atoms with van der Waals surface area (Å²) in [5.41, 5.74) is 6.34. The van der Waals surface area contributed by atoms with Gasteiger partial charge in [0.25, 0.3) is 0 Å². The Labute approximate surface area is 112 Å². The van der Waals surface area contributed by atoms with Crippen molar-refractivity contribution in [3.05, 3.63) is 23.2 Å². The smallest absolute Gasteiger partial charge is 0.0646 e. The van der Waals surface area contributed by atoms with Crippen molar-refractivity contribution in [2.75, 3.05) is 24.6 Å². The maximum Gasteiger partial charge on any atom is 0.0646 e. The first-order valence-electron chi connectivity index (χ1n) is 6.14. The second kappa shape index (κ2) is 6.53. The summed E-state index contributed by atoms with van der Waals surface area (Å²) in [5, 5.41) is 4.11. The average molecular weight is 271 g/mol. The van der Waals surface area contributed by atoms with Crippen LogP contribution in [0.2, 0.25) is 5.02 Å². The molecular weight excluding hydrogens is 252 g/mol. The van der Waals surface area contributed by atoms with E-state index in [-0.39, 0.29) is 0 Å². The highest BCUT2D eigenvalue weighted by molar-refractivity contribution is 7.99. The first-order chi connectivity index (χ1) is 8.25. The van der Waals surface area contributed by atoms with Crippen molar-refractivity contribution in [2.24, 2.45) is 5.92 Å². The Balaban J connectivity index is 1.75. The number of nitrogens with two attached hydrogens (primary N) is 1. The molecule has 1 aromatic rings. The molecule has 0 aromatic heterocycles. The van der Waals surface area contributed by atoms with Crippen LogP contribution < -0.4 is 11.1 Å². The zero-order chi connectivity index (χ0) is 12.1. The summed E-state index contributed by atoms with van der Waals surface area (Å²) in [4.78, 5) is 1.22. The number of thioether (sulfide) groups is 1.